The Morgan fingerprint density at radius 1 is 1.39 bits per heavy atom. The molecular formula is C12H14ClN5. The maximum Gasteiger partial charge on any atom is 0.143 e. The van der Waals surface area contributed by atoms with Gasteiger partial charge in [-0.1, -0.05) is 18.5 Å². The smallest absolute Gasteiger partial charge is 0.143 e. The molecule has 1 N–H and O–H groups in total. The van der Waals surface area contributed by atoms with E-state index in [4.69, 9.17) is 11.6 Å². The quantitative estimate of drug-likeness (QED) is 0.925. The topological polar surface area (TPSA) is 55.6 Å². The third-order valence-corrected chi connectivity index (χ3v) is 3.63. The number of nitrogens with zero attached hydrogens (tertiary/aromatic N) is 4. The summed E-state index contributed by atoms with van der Waals surface area (Å²) in [5.41, 5.74) is 1.85. The summed E-state index contributed by atoms with van der Waals surface area (Å²) >= 11 is 6.20. The van der Waals surface area contributed by atoms with Gasteiger partial charge in [-0.15, -0.1) is 5.10 Å². The summed E-state index contributed by atoms with van der Waals surface area (Å²) in [6.45, 7) is 2.26. The molecule has 6 heteroatoms. The molecule has 1 aromatic heterocycles. The Bertz CT molecular complexity index is 533. The minimum absolute atomic E-state index is 0.529. The first kappa shape index (κ1) is 11.5. The second-order valence-corrected chi connectivity index (χ2v) is 5.24. The summed E-state index contributed by atoms with van der Waals surface area (Å²) in [5, 5.41) is 15.3. The van der Waals surface area contributed by atoms with E-state index in [9.17, 15) is 0 Å². The van der Waals surface area contributed by atoms with Gasteiger partial charge >= 0.3 is 0 Å². The van der Waals surface area contributed by atoms with Gasteiger partial charge in [0.15, 0.2) is 0 Å². The van der Waals surface area contributed by atoms with Crippen LogP contribution in [0.5, 0.6) is 0 Å². The molecule has 0 unspecified atom stereocenters. The molecule has 18 heavy (non-hydrogen) atoms. The number of nitrogens with one attached hydrogen (secondary N) is 1. The first-order valence-corrected chi connectivity index (χ1v) is 6.39. The molecule has 94 valence electrons. The van der Waals surface area contributed by atoms with Gasteiger partial charge in [0.25, 0.3) is 0 Å². The second-order valence-electron chi connectivity index (χ2n) is 4.84. The average Bonchev–Trinajstić information content (AvgIpc) is 2.83. The van der Waals surface area contributed by atoms with Crippen LogP contribution in [0.25, 0.3) is 5.69 Å². The molecule has 0 saturated heterocycles. The van der Waals surface area contributed by atoms with Crippen LogP contribution >= 0.6 is 11.6 Å². The summed E-state index contributed by atoms with van der Waals surface area (Å²) in [7, 11) is 0. The zero-order chi connectivity index (χ0) is 12.5. The predicted octanol–water partition coefficient (Wildman–Crippen LogP) is 2.53. The van der Waals surface area contributed by atoms with Crippen molar-refractivity contribution in [3.05, 3.63) is 29.5 Å². The number of halogens is 1. The van der Waals surface area contributed by atoms with Gasteiger partial charge in [0, 0.05) is 6.04 Å². The van der Waals surface area contributed by atoms with Crippen molar-refractivity contribution in [2.75, 3.05) is 5.32 Å². The largest absolute Gasteiger partial charge is 0.381 e. The monoisotopic (exact) mass is 263 g/mol. The summed E-state index contributed by atoms with van der Waals surface area (Å²) < 4.78 is 1.62. The first-order valence-electron chi connectivity index (χ1n) is 6.02. The fourth-order valence-electron chi connectivity index (χ4n) is 2.29. The van der Waals surface area contributed by atoms with Crippen LogP contribution in [0.2, 0.25) is 5.02 Å². The summed E-state index contributed by atoms with van der Waals surface area (Å²) in [6, 6.07) is 6.26. The van der Waals surface area contributed by atoms with E-state index in [1.165, 1.54) is 12.8 Å². The van der Waals surface area contributed by atoms with Crippen LogP contribution in [0.3, 0.4) is 0 Å². The van der Waals surface area contributed by atoms with E-state index in [0.29, 0.717) is 6.04 Å². The SMILES string of the molecule is CC1CC(Nc2cc(-n3cnnn3)ccc2Cl)C1. The Labute approximate surface area is 110 Å². The Kier molecular flexibility index (Phi) is 2.91. The summed E-state index contributed by atoms with van der Waals surface area (Å²) in [5.74, 6) is 0.809. The van der Waals surface area contributed by atoms with Gasteiger partial charge in [0.05, 0.1) is 16.4 Å². The lowest BCUT2D eigenvalue weighted by molar-refractivity contribution is 0.309. The third kappa shape index (κ3) is 2.18. The van der Waals surface area contributed by atoms with E-state index in [0.717, 1.165) is 22.3 Å². The van der Waals surface area contributed by atoms with Crippen molar-refractivity contribution in [1.82, 2.24) is 20.2 Å². The molecule has 1 aliphatic rings. The highest BCUT2D eigenvalue weighted by atomic mass is 35.5. The molecular weight excluding hydrogens is 250 g/mol. The van der Waals surface area contributed by atoms with Crippen LogP contribution in [0.1, 0.15) is 19.8 Å². The van der Waals surface area contributed by atoms with Crippen LogP contribution < -0.4 is 5.32 Å². The molecule has 1 fully saturated rings. The maximum absolute atomic E-state index is 6.20. The first-order chi connectivity index (χ1) is 8.72. The van der Waals surface area contributed by atoms with Crippen molar-refractivity contribution in [3.63, 3.8) is 0 Å². The Morgan fingerprint density at radius 2 is 2.22 bits per heavy atom. The molecule has 1 saturated carbocycles. The van der Waals surface area contributed by atoms with Crippen molar-refractivity contribution in [2.24, 2.45) is 5.92 Å². The molecule has 0 aliphatic heterocycles. The van der Waals surface area contributed by atoms with Crippen LogP contribution in [0.15, 0.2) is 24.5 Å². The van der Waals surface area contributed by atoms with E-state index >= 15 is 0 Å². The molecule has 0 bridgehead atoms. The van der Waals surface area contributed by atoms with E-state index in [1.54, 1.807) is 11.0 Å². The lowest BCUT2D eigenvalue weighted by atomic mass is 9.82. The molecule has 1 aliphatic carbocycles. The van der Waals surface area contributed by atoms with Crippen LogP contribution in [-0.4, -0.2) is 26.2 Å². The van der Waals surface area contributed by atoms with Crippen molar-refractivity contribution in [1.29, 1.82) is 0 Å². The fourth-order valence-corrected chi connectivity index (χ4v) is 2.46. The van der Waals surface area contributed by atoms with Crippen LogP contribution in [0, 0.1) is 5.92 Å². The number of tetrazole rings is 1. The number of hydrogen-bond acceptors (Lipinski definition) is 4. The van der Waals surface area contributed by atoms with Gasteiger partial charge < -0.3 is 5.32 Å². The second kappa shape index (κ2) is 4.57. The van der Waals surface area contributed by atoms with Gasteiger partial charge in [-0.2, -0.15) is 0 Å². The Morgan fingerprint density at radius 3 is 2.89 bits per heavy atom. The highest BCUT2D eigenvalue weighted by Crippen LogP contribution is 2.32. The highest BCUT2D eigenvalue weighted by molar-refractivity contribution is 6.33. The Balaban J connectivity index is 1.82. The predicted molar refractivity (Wildman–Crippen MR) is 70.0 cm³/mol. The third-order valence-electron chi connectivity index (χ3n) is 3.30. The molecule has 0 radical (unpaired) electrons. The molecule has 0 atom stereocenters. The lowest BCUT2D eigenvalue weighted by Gasteiger charge is -2.34. The van der Waals surface area contributed by atoms with Gasteiger partial charge in [0.1, 0.15) is 6.33 Å². The molecule has 2 aromatic rings. The van der Waals surface area contributed by atoms with E-state index in [-0.39, 0.29) is 0 Å². The molecule has 0 amide bonds. The minimum Gasteiger partial charge on any atom is -0.381 e. The number of hydrogen-bond donors (Lipinski definition) is 1. The molecule has 5 nitrogen and oxygen atoms in total. The van der Waals surface area contributed by atoms with Crippen molar-refractivity contribution >= 4 is 17.3 Å². The van der Waals surface area contributed by atoms with Gasteiger partial charge in [-0.05, 0) is 47.4 Å². The van der Waals surface area contributed by atoms with Crippen molar-refractivity contribution in [3.8, 4) is 5.69 Å². The van der Waals surface area contributed by atoms with E-state index in [1.807, 2.05) is 18.2 Å². The van der Waals surface area contributed by atoms with Gasteiger partial charge in [-0.3, -0.25) is 0 Å². The maximum atomic E-state index is 6.20. The van der Waals surface area contributed by atoms with E-state index < -0.39 is 0 Å². The number of rotatable bonds is 3. The highest BCUT2D eigenvalue weighted by Gasteiger charge is 2.25. The molecule has 1 heterocycles. The molecule has 1 aromatic carbocycles. The minimum atomic E-state index is 0.529. The number of aromatic nitrogens is 4. The number of anilines is 1. The number of benzene rings is 1. The summed E-state index contributed by atoms with van der Waals surface area (Å²) in [6.07, 6.45) is 3.97. The average molecular weight is 264 g/mol. The molecule has 3 rings (SSSR count). The van der Waals surface area contributed by atoms with Crippen molar-refractivity contribution < 1.29 is 0 Å². The summed E-state index contributed by atoms with van der Waals surface area (Å²) in [4.78, 5) is 0. The lowest BCUT2D eigenvalue weighted by Crippen LogP contribution is -2.33. The van der Waals surface area contributed by atoms with Gasteiger partial charge in [0.2, 0.25) is 0 Å². The fraction of sp³-hybridized carbons (Fsp3) is 0.417. The van der Waals surface area contributed by atoms with Gasteiger partial charge in [-0.25, -0.2) is 4.68 Å². The van der Waals surface area contributed by atoms with Crippen LogP contribution in [-0.2, 0) is 0 Å². The standard InChI is InChI=1S/C12H14ClN5/c1-8-4-9(5-8)15-12-6-10(2-3-11(12)13)18-7-14-16-17-18/h2-3,6-9,15H,4-5H2,1H3. The normalized spacial score (nSPS) is 22.6. The molecule has 0 spiro atoms. The van der Waals surface area contributed by atoms with E-state index in [2.05, 4.69) is 27.8 Å². The zero-order valence-corrected chi connectivity index (χ0v) is 10.8. The zero-order valence-electron chi connectivity index (χ0n) is 10.0. The Hall–Kier alpha value is -1.62. The van der Waals surface area contributed by atoms with Crippen molar-refractivity contribution in [2.45, 2.75) is 25.8 Å². The van der Waals surface area contributed by atoms with Crippen LogP contribution in [0.4, 0.5) is 5.69 Å².